The van der Waals surface area contributed by atoms with Gasteiger partial charge in [-0.25, -0.2) is 8.42 Å². The highest BCUT2D eigenvalue weighted by Crippen LogP contribution is 2.25. The Hall–Kier alpha value is -1.86. The maximum absolute atomic E-state index is 12.2. The SMILES string of the molecule is CNC(=O)c1ccccc1NS(=O)(=O)c1ccc(C)s1. The van der Waals surface area contributed by atoms with Crippen molar-refractivity contribution < 1.29 is 13.2 Å². The molecule has 0 atom stereocenters. The predicted octanol–water partition coefficient (Wildman–Crippen LogP) is 2.22. The summed E-state index contributed by atoms with van der Waals surface area (Å²) in [6.45, 7) is 1.84. The number of carbonyl (C=O) groups excluding carboxylic acids is 1. The Labute approximate surface area is 121 Å². The van der Waals surface area contributed by atoms with Crippen molar-refractivity contribution in [2.45, 2.75) is 11.1 Å². The summed E-state index contributed by atoms with van der Waals surface area (Å²) in [7, 11) is -2.17. The van der Waals surface area contributed by atoms with E-state index in [0.717, 1.165) is 4.88 Å². The minimum Gasteiger partial charge on any atom is -0.355 e. The van der Waals surface area contributed by atoms with Crippen LogP contribution in [-0.4, -0.2) is 21.4 Å². The normalized spacial score (nSPS) is 11.1. The lowest BCUT2D eigenvalue weighted by Crippen LogP contribution is -2.21. The van der Waals surface area contributed by atoms with E-state index in [4.69, 9.17) is 0 Å². The zero-order valence-corrected chi connectivity index (χ0v) is 12.6. The summed E-state index contributed by atoms with van der Waals surface area (Å²) in [5.41, 5.74) is 0.546. The summed E-state index contributed by atoms with van der Waals surface area (Å²) in [6, 6.07) is 9.76. The number of sulfonamides is 1. The maximum Gasteiger partial charge on any atom is 0.271 e. The van der Waals surface area contributed by atoms with Crippen LogP contribution in [0.15, 0.2) is 40.6 Å². The van der Waals surface area contributed by atoms with Crippen molar-refractivity contribution in [3.8, 4) is 0 Å². The number of aryl methyl sites for hydroxylation is 1. The molecule has 0 unspecified atom stereocenters. The van der Waals surface area contributed by atoms with Gasteiger partial charge in [0.15, 0.2) is 0 Å². The number of para-hydroxylation sites is 1. The molecule has 0 aliphatic carbocycles. The molecule has 0 aliphatic heterocycles. The van der Waals surface area contributed by atoms with Gasteiger partial charge in [0.25, 0.3) is 15.9 Å². The second kappa shape index (κ2) is 5.64. The Bertz CT molecular complexity index is 736. The van der Waals surface area contributed by atoms with E-state index in [9.17, 15) is 13.2 Å². The first kappa shape index (κ1) is 14.5. The summed E-state index contributed by atoms with van der Waals surface area (Å²) in [5, 5.41) is 2.48. The first-order chi connectivity index (χ1) is 9.44. The second-order valence-corrected chi connectivity index (χ2v) is 7.29. The van der Waals surface area contributed by atoms with Gasteiger partial charge in [0, 0.05) is 11.9 Å². The summed E-state index contributed by atoms with van der Waals surface area (Å²) < 4.78 is 27.2. The number of anilines is 1. The van der Waals surface area contributed by atoms with Crippen LogP contribution in [0.1, 0.15) is 15.2 Å². The zero-order chi connectivity index (χ0) is 14.8. The van der Waals surface area contributed by atoms with Crippen molar-refractivity contribution in [3.63, 3.8) is 0 Å². The van der Waals surface area contributed by atoms with Crippen LogP contribution < -0.4 is 10.0 Å². The van der Waals surface area contributed by atoms with Crippen LogP contribution in [0.4, 0.5) is 5.69 Å². The monoisotopic (exact) mass is 310 g/mol. The summed E-state index contributed by atoms with van der Waals surface area (Å²) >= 11 is 1.18. The number of carbonyl (C=O) groups is 1. The predicted molar refractivity (Wildman–Crippen MR) is 79.7 cm³/mol. The Kier molecular flexibility index (Phi) is 4.10. The van der Waals surface area contributed by atoms with Gasteiger partial charge in [0.05, 0.1) is 11.3 Å². The molecule has 2 rings (SSSR count). The number of benzene rings is 1. The molecule has 5 nitrogen and oxygen atoms in total. The van der Waals surface area contributed by atoms with Crippen LogP contribution in [0.2, 0.25) is 0 Å². The number of thiophene rings is 1. The highest BCUT2D eigenvalue weighted by molar-refractivity contribution is 7.94. The molecule has 1 aromatic carbocycles. The highest BCUT2D eigenvalue weighted by atomic mass is 32.2. The molecule has 1 amide bonds. The number of hydrogen-bond acceptors (Lipinski definition) is 4. The van der Waals surface area contributed by atoms with Crippen molar-refractivity contribution >= 4 is 33.0 Å². The first-order valence-electron chi connectivity index (χ1n) is 5.84. The lowest BCUT2D eigenvalue weighted by atomic mass is 10.2. The number of nitrogens with one attached hydrogen (secondary N) is 2. The molecular weight excluding hydrogens is 296 g/mol. The van der Waals surface area contributed by atoms with Crippen LogP contribution in [0.5, 0.6) is 0 Å². The quantitative estimate of drug-likeness (QED) is 0.909. The van der Waals surface area contributed by atoms with Crippen molar-refractivity contribution in [3.05, 3.63) is 46.8 Å². The largest absolute Gasteiger partial charge is 0.355 e. The van der Waals surface area contributed by atoms with Gasteiger partial charge in [0.1, 0.15) is 4.21 Å². The minimum atomic E-state index is -3.67. The van der Waals surface area contributed by atoms with Gasteiger partial charge in [-0.1, -0.05) is 12.1 Å². The van der Waals surface area contributed by atoms with E-state index in [-0.39, 0.29) is 21.4 Å². The first-order valence-corrected chi connectivity index (χ1v) is 8.14. The van der Waals surface area contributed by atoms with E-state index < -0.39 is 10.0 Å². The van der Waals surface area contributed by atoms with Crippen LogP contribution >= 0.6 is 11.3 Å². The summed E-state index contributed by atoms with van der Waals surface area (Å²) in [4.78, 5) is 12.6. The molecule has 7 heteroatoms. The molecule has 2 N–H and O–H groups in total. The molecule has 20 heavy (non-hydrogen) atoms. The van der Waals surface area contributed by atoms with Crippen molar-refractivity contribution in [1.82, 2.24) is 5.32 Å². The number of rotatable bonds is 4. The molecule has 106 valence electrons. The standard InChI is InChI=1S/C13H14N2O3S2/c1-9-7-8-12(19-9)20(17,18)15-11-6-4-3-5-10(11)13(16)14-2/h3-8,15H,1-2H3,(H,14,16). The molecule has 0 spiro atoms. The van der Waals surface area contributed by atoms with Gasteiger partial charge in [-0.15, -0.1) is 11.3 Å². The van der Waals surface area contributed by atoms with E-state index in [1.165, 1.54) is 18.4 Å². The Balaban J connectivity index is 2.37. The fourth-order valence-electron chi connectivity index (χ4n) is 1.66. The van der Waals surface area contributed by atoms with Crippen LogP contribution in [0, 0.1) is 6.92 Å². The smallest absolute Gasteiger partial charge is 0.271 e. The molecule has 0 fully saturated rings. The van der Waals surface area contributed by atoms with Crippen molar-refractivity contribution in [2.24, 2.45) is 0 Å². The third-order valence-corrected chi connectivity index (χ3v) is 5.48. The third-order valence-electron chi connectivity index (χ3n) is 2.62. The molecule has 1 aromatic heterocycles. The molecule has 0 saturated heterocycles. The molecule has 0 bridgehead atoms. The average Bonchev–Trinajstić information content (AvgIpc) is 2.86. The van der Waals surface area contributed by atoms with Crippen LogP contribution in [0.3, 0.4) is 0 Å². The van der Waals surface area contributed by atoms with Crippen molar-refractivity contribution in [1.29, 1.82) is 0 Å². The molecule has 0 saturated carbocycles. The van der Waals surface area contributed by atoms with Gasteiger partial charge >= 0.3 is 0 Å². The Morgan fingerprint density at radius 2 is 1.85 bits per heavy atom. The van der Waals surface area contributed by atoms with Gasteiger partial charge in [-0.05, 0) is 31.2 Å². The van der Waals surface area contributed by atoms with Gasteiger partial charge < -0.3 is 5.32 Å². The topological polar surface area (TPSA) is 75.3 Å². The highest BCUT2D eigenvalue weighted by Gasteiger charge is 2.19. The maximum atomic E-state index is 12.2. The third kappa shape index (κ3) is 3.00. The fraction of sp³-hybridized carbons (Fsp3) is 0.154. The van der Waals surface area contributed by atoms with E-state index in [1.54, 1.807) is 36.4 Å². The fourth-order valence-corrected chi connectivity index (χ4v) is 4.02. The van der Waals surface area contributed by atoms with Gasteiger partial charge in [0.2, 0.25) is 0 Å². The van der Waals surface area contributed by atoms with Gasteiger partial charge in [-0.3, -0.25) is 9.52 Å². The lowest BCUT2D eigenvalue weighted by Gasteiger charge is -2.10. The molecular formula is C13H14N2O3S2. The van der Waals surface area contributed by atoms with E-state index in [1.807, 2.05) is 6.92 Å². The zero-order valence-electron chi connectivity index (χ0n) is 11.0. The summed E-state index contributed by atoms with van der Waals surface area (Å²) in [5.74, 6) is -0.342. The van der Waals surface area contributed by atoms with Crippen LogP contribution in [-0.2, 0) is 10.0 Å². The van der Waals surface area contributed by atoms with E-state index in [0.29, 0.717) is 0 Å². The molecule has 1 heterocycles. The molecule has 0 radical (unpaired) electrons. The minimum absolute atomic E-state index is 0.224. The average molecular weight is 310 g/mol. The molecule has 0 aliphatic rings. The van der Waals surface area contributed by atoms with Crippen molar-refractivity contribution in [2.75, 3.05) is 11.8 Å². The number of hydrogen-bond donors (Lipinski definition) is 2. The second-order valence-electron chi connectivity index (χ2n) is 4.10. The van der Waals surface area contributed by atoms with E-state index >= 15 is 0 Å². The Morgan fingerprint density at radius 3 is 2.45 bits per heavy atom. The molecule has 2 aromatic rings. The van der Waals surface area contributed by atoms with Crippen LogP contribution in [0.25, 0.3) is 0 Å². The van der Waals surface area contributed by atoms with Gasteiger partial charge in [-0.2, -0.15) is 0 Å². The lowest BCUT2D eigenvalue weighted by molar-refractivity contribution is 0.0964. The van der Waals surface area contributed by atoms with E-state index in [2.05, 4.69) is 10.0 Å². The summed E-state index contributed by atoms with van der Waals surface area (Å²) in [6.07, 6.45) is 0. The Morgan fingerprint density at radius 1 is 1.15 bits per heavy atom. The number of amides is 1.